The van der Waals surface area contributed by atoms with Gasteiger partial charge in [-0.15, -0.1) is 0 Å². The zero-order valence-electron chi connectivity index (χ0n) is 19.6. The van der Waals surface area contributed by atoms with Gasteiger partial charge in [0.2, 0.25) is 0 Å². The lowest BCUT2D eigenvalue weighted by Gasteiger charge is -2.18. The third-order valence-corrected chi connectivity index (χ3v) is 5.75. The van der Waals surface area contributed by atoms with Crippen molar-refractivity contribution in [2.24, 2.45) is 0 Å². The molecule has 0 bridgehead atoms. The van der Waals surface area contributed by atoms with Gasteiger partial charge < -0.3 is 20.1 Å². The van der Waals surface area contributed by atoms with Crippen LogP contribution in [-0.4, -0.2) is 35.3 Å². The summed E-state index contributed by atoms with van der Waals surface area (Å²) in [6.45, 7) is 2.30. The molecule has 180 valence electrons. The van der Waals surface area contributed by atoms with Crippen LogP contribution in [0.25, 0.3) is 23.1 Å². The summed E-state index contributed by atoms with van der Waals surface area (Å²) in [5.74, 6) is -0.108. The number of aliphatic hydroxyl groups is 1. The third-order valence-electron chi connectivity index (χ3n) is 5.75. The lowest BCUT2D eigenvalue weighted by Crippen LogP contribution is -2.39. The Labute approximate surface area is 204 Å². The fourth-order valence-corrected chi connectivity index (χ4v) is 3.92. The number of aliphatic hydroxyl groups excluding tert-OH is 1. The number of amides is 1. The van der Waals surface area contributed by atoms with Gasteiger partial charge in [-0.1, -0.05) is 55.5 Å². The Bertz CT molecular complexity index is 1310. The summed E-state index contributed by atoms with van der Waals surface area (Å²) in [7, 11) is 0. The zero-order valence-corrected chi connectivity index (χ0v) is 19.6. The maximum Gasteiger partial charge on any atom is 0.255 e. The maximum atomic E-state index is 13.3. The molecule has 0 spiro atoms. The summed E-state index contributed by atoms with van der Waals surface area (Å²) < 4.78 is 19.0. The summed E-state index contributed by atoms with van der Waals surface area (Å²) >= 11 is 0. The van der Waals surface area contributed by atoms with Gasteiger partial charge in [0, 0.05) is 17.1 Å². The summed E-state index contributed by atoms with van der Waals surface area (Å²) in [5.41, 5.74) is 4.10. The molecule has 4 rings (SSSR count). The van der Waals surface area contributed by atoms with E-state index in [1.165, 1.54) is 12.1 Å². The molecule has 0 aliphatic heterocycles. The minimum absolute atomic E-state index is 0.194. The maximum absolute atomic E-state index is 13.3. The van der Waals surface area contributed by atoms with Crippen molar-refractivity contribution in [2.45, 2.75) is 25.8 Å². The van der Waals surface area contributed by atoms with Crippen molar-refractivity contribution in [3.63, 3.8) is 0 Å². The number of hydrogen-bond acceptors (Lipinski definition) is 3. The first-order valence-corrected chi connectivity index (χ1v) is 11.7. The molecule has 3 aromatic carbocycles. The van der Waals surface area contributed by atoms with E-state index in [9.17, 15) is 14.3 Å². The van der Waals surface area contributed by atoms with E-state index in [0.29, 0.717) is 24.3 Å². The van der Waals surface area contributed by atoms with Gasteiger partial charge in [0.1, 0.15) is 11.6 Å². The molecule has 5 nitrogen and oxygen atoms in total. The highest BCUT2D eigenvalue weighted by atomic mass is 19.1. The third kappa shape index (κ3) is 6.16. The number of hydrogen-bond donors (Lipinski definition) is 3. The van der Waals surface area contributed by atoms with Gasteiger partial charge in [-0.3, -0.25) is 4.79 Å². The van der Waals surface area contributed by atoms with E-state index < -0.39 is 6.04 Å². The number of fused-ring (bicyclic) bond motifs is 1. The lowest BCUT2D eigenvalue weighted by molar-refractivity contribution is 0.0912. The predicted molar refractivity (Wildman–Crippen MR) is 138 cm³/mol. The van der Waals surface area contributed by atoms with Crippen molar-refractivity contribution in [2.75, 3.05) is 13.2 Å². The van der Waals surface area contributed by atoms with Crippen LogP contribution < -0.4 is 10.1 Å². The van der Waals surface area contributed by atoms with E-state index in [-0.39, 0.29) is 18.3 Å². The van der Waals surface area contributed by atoms with Gasteiger partial charge in [0.25, 0.3) is 5.91 Å². The van der Waals surface area contributed by atoms with Gasteiger partial charge in [-0.05, 0) is 59.9 Å². The summed E-state index contributed by atoms with van der Waals surface area (Å²) in [6.07, 6.45) is 6.93. The molecule has 1 aromatic heterocycles. The number of carbonyl (C=O) groups excluding carboxylic acids is 1. The van der Waals surface area contributed by atoms with Crippen LogP contribution in [-0.2, 0) is 6.42 Å². The van der Waals surface area contributed by atoms with E-state index in [2.05, 4.69) is 10.3 Å². The predicted octanol–water partition coefficient (Wildman–Crippen LogP) is 5.60. The van der Waals surface area contributed by atoms with Crippen LogP contribution in [0.2, 0.25) is 0 Å². The first-order chi connectivity index (χ1) is 17.1. The smallest absolute Gasteiger partial charge is 0.255 e. The molecule has 1 heterocycles. The molecule has 3 N–H and O–H groups in total. The average molecular weight is 473 g/mol. The molecule has 1 amide bonds. The van der Waals surface area contributed by atoms with Gasteiger partial charge in [0.05, 0.1) is 24.8 Å². The average Bonchev–Trinajstić information content (AvgIpc) is 3.29. The van der Waals surface area contributed by atoms with Crippen molar-refractivity contribution < 1.29 is 19.0 Å². The summed E-state index contributed by atoms with van der Waals surface area (Å²) in [6, 6.07) is 19.1. The van der Waals surface area contributed by atoms with Crippen molar-refractivity contribution in [3.8, 4) is 5.75 Å². The zero-order chi connectivity index (χ0) is 24.6. The number of benzene rings is 3. The fourth-order valence-electron chi connectivity index (χ4n) is 3.92. The molecule has 0 aliphatic rings. The molecular weight excluding hydrogens is 443 g/mol. The Morgan fingerprint density at radius 2 is 1.83 bits per heavy atom. The van der Waals surface area contributed by atoms with E-state index in [1.54, 1.807) is 24.3 Å². The molecule has 0 radical (unpaired) electrons. The van der Waals surface area contributed by atoms with Crippen molar-refractivity contribution >= 4 is 29.0 Å². The Kier molecular flexibility index (Phi) is 7.95. The number of H-pyrrole nitrogens is 1. The van der Waals surface area contributed by atoms with E-state index >= 15 is 0 Å². The number of para-hydroxylation sites is 1. The Morgan fingerprint density at radius 1 is 1.09 bits per heavy atom. The van der Waals surface area contributed by atoms with E-state index in [0.717, 1.165) is 34.0 Å². The minimum Gasteiger partial charge on any atom is -0.493 e. The highest BCUT2D eigenvalue weighted by Gasteiger charge is 2.19. The molecule has 0 fully saturated rings. The van der Waals surface area contributed by atoms with Crippen molar-refractivity contribution in [1.29, 1.82) is 0 Å². The molecule has 0 unspecified atom stereocenters. The monoisotopic (exact) mass is 472 g/mol. The lowest BCUT2D eigenvalue weighted by atomic mass is 10.0. The van der Waals surface area contributed by atoms with Gasteiger partial charge in [-0.25, -0.2) is 4.39 Å². The van der Waals surface area contributed by atoms with Gasteiger partial charge in [0.15, 0.2) is 0 Å². The molecule has 0 saturated carbocycles. The summed E-state index contributed by atoms with van der Waals surface area (Å²) in [5, 5.41) is 14.0. The van der Waals surface area contributed by atoms with Crippen LogP contribution in [0.5, 0.6) is 5.75 Å². The number of carbonyl (C=O) groups is 1. The highest BCUT2D eigenvalue weighted by Crippen LogP contribution is 2.23. The van der Waals surface area contributed by atoms with Crippen LogP contribution in [0.1, 0.15) is 40.4 Å². The van der Waals surface area contributed by atoms with Crippen LogP contribution in [0.4, 0.5) is 4.39 Å². The normalized spacial score (nSPS) is 12.2. The molecule has 1 atom stereocenters. The van der Waals surface area contributed by atoms with Gasteiger partial charge >= 0.3 is 0 Å². The molecule has 0 saturated heterocycles. The minimum atomic E-state index is -0.459. The second kappa shape index (κ2) is 11.5. The standard InChI is InChI=1S/C29H29FN2O3/c1-2-15-35-28-14-11-21(8-7-20-9-12-23(30)13-10-20)16-26(28)29(34)32-24(19-33)17-22-18-31-27-6-4-3-5-25(22)27/h3-14,16,18,24,31,33H,2,15,17,19H2,1H3,(H,32,34)/b8-7+/t24-/m1/s1. The number of nitrogens with one attached hydrogen (secondary N) is 2. The topological polar surface area (TPSA) is 74.3 Å². The first-order valence-electron chi connectivity index (χ1n) is 11.7. The second-order valence-corrected chi connectivity index (χ2v) is 8.41. The van der Waals surface area contributed by atoms with Gasteiger partial charge in [-0.2, -0.15) is 0 Å². The molecular formula is C29H29FN2O3. The summed E-state index contributed by atoms with van der Waals surface area (Å²) in [4.78, 5) is 16.5. The number of aromatic nitrogens is 1. The van der Waals surface area contributed by atoms with Crippen LogP contribution in [0.3, 0.4) is 0 Å². The fraction of sp³-hybridized carbons (Fsp3) is 0.207. The van der Waals surface area contributed by atoms with Crippen LogP contribution in [0, 0.1) is 5.82 Å². The van der Waals surface area contributed by atoms with Crippen molar-refractivity contribution in [3.05, 3.63) is 101 Å². The largest absolute Gasteiger partial charge is 0.493 e. The van der Waals surface area contributed by atoms with E-state index in [1.807, 2.05) is 55.6 Å². The number of halogens is 1. The quantitative estimate of drug-likeness (QED) is 0.263. The Morgan fingerprint density at radius 3 is 2.60 bits per heavy atom. The molecule has 35 heavy (non-hydrogen) atoms. The Balaban J connectivity index is 1.54. The Hall–Kier alpha value is -3.90. The number of rotatable bonds is 10. The van der Waals surface area contributed by atoms with Crippen LogP contribution >= 0.6 is 0 Å². The highest BCUT2D eigenvalue weighted by molar-refractivity contribution is 5.98. The second-order valence-electron chi connectivity index (χ2n) is 8.41. The molecule has 0 aliphatic carbocycles. The SMILES string of the molecule is CCCOc1ccc(/C=C/c2ccc(F)cc2)cc1C(=O)N[C@@H](CO)Cc1c[nH]c2ccccc12. The first kappa shape index (κ1) is 24.2. The van der Waals surface area contributed by atoms with E-state index in [4.69, 9.17) is 4.74 Å². The molecule has 4 aromatic rings. The van der Waals surface area contributed by atoms with Crippen LogP contribution in [0.15, 0.2) is 72.9 Å². The molecule has 6 heteroatoms. The number of aromatic amines is 1. The van der Waals surface area contributed by atoms with Crippen molar-refractivity contribution in [1.82, 2.24) is 10.3 Å². The number of ether oxygens (including phenoxy) is 1.